The quantitative estimate of drug-likeness (QED) is 0.513. The maximum atomic E-state index is 12.0. The number of hydrogen-bond acceptors (Lipinski definition) is 8. The number of carbonyl (C=O) groups excluding carboxylic acids is 1. The van der Waals surface area contributed by atoms with Crippen LogP contribution in [0.3, 0.4) is 0 Å². The molecule has 2 heterocycles. The molecule has 1 aromatic heterocycles. The highest BCUT2D eigenvalue weighted by molar-refractivity contribution is 5.96. The lowest BCUT2D eigenvalue weighted by Crippen LogP contribution is -2.36. The van der Waals surface area contributed by atoms with E-state index in [2.05, 4.69) is 36.6 Å². The number of amides is 1. The molecule has 9 nitrogen and oxygen atoms in total. The SMILES string of the molecule is CC(C)(O)C(=O)Nc1cccc(Nc2ncnc(N3CCC(c4ccc(C#N)cc4)CC3)n2)c1. The molecule has 0 radical (unpaired) electrons. The third kappa shape index (κ3) is 5.66. The van der Waals surface area contributed by atoms with Crippen LogP contribution in [0.15, 0.2) is 54.9 Å². The molecule has 2 aromatic carbocycles. The van der Waals surface area contributed by atoms with Gasteiger partial charge in [-0.25, -0.2) is 9.97 Å². The topological polar surface area (TPSA) is 127 Å². The third-order valence-electron chi connectivity index (χ3n) is 5.78. The van der Waals surface area contributed by atoms with Crippen LogP contribution in [0.5, 0.6) is 0 Å². The number of aromatic nitrogens is 3. The summed E-state index contributed by atoms with van der Waals surface area (Å²) in [6.45, 7) is 4.52. The van der Waals surface area contributed by atoms with Crippen LogP contribution in [0.25, 0.3) is 0 Å². The van der Waals surface area contributed by atoms with Gasteiger partial charge in [-0.1, -0.05) is 18.2 Å². The fourth-order valence-corrected chi connectivity index (χ4v) is 3.83. The van der Waals surface area contributed by atoms with Gasteiger partial charge in [0.25, 0.3) is 5.91 Å². The molecule has 3 N–H and O–H groups in total. The lowest BCUT2D eigenvalue weighted by atomic mass is 9.89. The number of nitrogens with zero attached hydrogens (tertiary/aromatic N) is 5. The van der Waals surface area contributed by atoms with E-state index in [1.807, 2.05) is 30.3 Å². The first kappa shape index (κ1) is 23.1. The molecular formula is C25H27N7O2. The number of anilines is 4. The molecule has 34 heavy (non-hydrogen) atoms. The fraction of sp³-hybridized carbons (Fsp3) is 0.320. The van der Waals surface area contributed by atoms with Gasteiger partial charge in [-0.15, -0.1) is 0 Å². The smallest absolute Gasteiger partial charge is 0.255 e. The van der Waals surface area contributed by atoms with Gasteiger partial charge in [0.15, 0.2) is 0 Å². The fourth-order valence-electron chi connectivity index (χ4n) is 3.83. The standard InChI is InChI=1S/C25H27N7O2/c1-25(2,34)22(33)29-20-4-3-5-21(14-20)30-23-27-16-28-24(31-23)32-12-10-19(11-13-32)18-8-6-17(15-26)7-9-18/h3-9,14,16,19,34H,10-13H2,1-2H3,(H,29,33)(H,27,28,30,31). The van der Waals surface area contributed by atoms with Crippen molar-refractivity contribution in [3.8, 4) is 6.07 Å². The lowest BCUT2D eigenvalue weighted by molar-refractivity contribution is -0.130. The largest absolute Gasteiger partial charge is 0.381 e. The van der Waals surface area contributed by atoms with Gasteiger partial charge in [-0.05, 0) is 68.5 Å². The normalized spacial score (nSPS) is 14.4. The summed E-state index contributed by atoms with van der Waals surface area (Å²) in [6, 6.07) is 17.1. The van der Waals surface area contributed by atoms with E-state index >= 15 is 0 Å². The molecular weight excluding hydrogens is 430 g/mol. The molecule has 4 rings (SSSR count). The number of rotatable bonds is 6. The Balaban J connectivity index is 1.39. The first-order chi connectivity index (χ1) is 16.3. The zero-order chi connectivity index (χ0) is 24.1. The van der Waals surface area contributed by atoms with Gasteiger partial charge in [-0.2, -0.15) is 10.2 Å². The van der Waals surface area contributed by atoms with Crippen LogP contribution >= 0.6 is 0 Å². The summed E-state index contributed by atoms with van der Waals surface area (Å²) in [7, 11) is 0. The van der Waals surface area contributed by atoms with Crippen LogP contribution in [-0.4, -0.2) is 44.7 Å². The predicted octanol–water partition coefficient (Wildman–Crippen LogP) is 3.58. The molecule has 1 fully saturated rings. The number of hydrogen-bond donors (Lipinski definition) is 3. The number of benzene rings is 2. The van der Waals surface area contributed by atoms with Crippen molar-refractivity contribution in [1.29, 1.82) is 5.26 Å². The summed E-state index contributed by atoms with van der Waals surface area (Å²) in [5, 5.41) is 24.7. The van der Waals surface area contributed by atoms with Gasteiger partial charge in [0.2, 0.25) is 11.9 Å². The summed E-state index contributed by atoms with van der Waals surface area (Å²) < 4.78 is 0. The molecule has 0 bridgehead atoms. The Morgan fingerprint density at radius 1 is 1.12 bits per heavy atom. The Kier molecular flexibility index (Phi) is 6.70. The zero-order valence-corrected chi connectivity index (χ0v) is 19.2. The minimum Gasteiger partial charge on any atom is -0.381 e. The molecule has 0 saturated carbocycles. The van der Waals surface area contributed by atoms with Gasteiger partial charge < -0.3 is 20.6 Å². The minimum absolute atomic E-state index is 0.408. The Morgan fingerprint density at radius 2 is 1.82 bits per heavy atom. The summed E-state index contributed by atoms with van der Waals surface area (Å²) in [5.74, 6) is 0.981. The second-order valence-corrected chi connectivity index (χ2v) is 8.82. The van der Waals surface area contributed by atoms with Crippen LogP contribution in [0, 0.1) is 11.3 Å². The van der Waals surface area contributed by atoms with Gasteiger partial charge >= 0.3 is 0 Å². The Hall–Kier alpha value is -4.03. The highest BCUT2D eigenvalue weighted by Crippen LogP contribution is 2.30. The number of carbonyl (C=O) groups is 1. The van der Waals surface area contributed by atoms with Crippen LogP contribution in [0.1, 0.15) is 43.7 Å². The molecule has 1 aliphatic heterocycles. The number of piperidine rings is 1. The summed E-state index contributed by atoms with van der Waals surface area (Å²) in [6.07, 6.45) is 3.43. The monoisotopic (exact) mass is 457 g/mol. The van der Waals surface area contributed by atoms with Gasteiger partial charge in [-0.3, -0.25) is 4.79 Å². The van der Waals surface area contributed by atoms with E-state index in [1.54, 1.807) is 18.2 Å². The van der Waals surface area contributed by atoms with Gasteiger partial charge in [0.05, 0.1) is 11.6 Å². The van der Waals surface area contributed by atoms with E-state index in [9.17, 15) is 9.90 Å². The van der Waals surface area contributed by atoms with E-state index in [0.717, 1.165) is 25.9 Å². The maximum Gasteiger partial charge on any atom is 0.255 e. The molecule has 0 unspecified atom stereocenters. The minimum atomic E-state index is -1.47. The second-order valence-electron chi connectivity index (χ2n) is 8.82. The Morgan fingerprint density at radius 3 is 2.50 bits per heavy atom. The zero-order valence-electron chi connectivity index (χ0n) is 19.2. The summed E-state index contributed by atoms with van der Waals surface area (Å²) in [4.78, 5) is 27.3. The van der Waals surface area contributed by atoms with Gasteiger partial charge in [0.1, 0.15) is 11.9 Å². The lowest BCUT2D eigenvalue weighted by Gasteiger charge is -2.32. The molecule has 0 spiro atoms. The van der Waals surface area contributed by atoms with Crippen molar-refractivity contribution >= 4 is 29.2 Å². The van der Waals surface area contributed by atoms with E-state index in [4.69, 9.17) is 5.26 Å². The Bertz CT molecular complexity index is 1190. The Labute approximate surface area is 198 Å². The van der Waals surface area contributed by atoms with Gasteiger partial charge in [0, 0.05) is 24.5 Å². The average molecular weight is 458 g/mol. The van der Waals surface area contributed by atoms with Crippen molar-refractivity contribution < 1.29 is 9.90 Å². The van der Waals surface area contributed by atoms with E-state index < -0.39 is 11.5 Å². The van der Waals surface area contributed by atoms with E-state index in [1.165, 1.54) is 25.7 Å². The molecule has 1 saturated heterocycles. The van der Waals surface area contributed by atoms with Crippen molar-refractivity contribution in [2.24, 2.45) is 0 Å². The van der Waals surface area contributed by atoms with Crippen molar-refractivity contribution in [1.82, 2.24) is 15.0 Å². The average Bonchev–Trinajstić information content (AvgIpc) is 2.84. The highest BCUT2D eigenvalue weighted by atomic mass is 16.3. The molecule has 9 heteroatoms. The van der Waals surface area contributed by atoms with Crippen LogP contribution in [0.4, 0.5) is 23.3 Å². The van der Waals surface area contributed by atoms with Crippen molar-refractivity contribution in [2.45, 2.75) is 38.2 Å². The van der Waals surface area contributed by atoms with Crippen LogP contribution in [-0.2, 0) is 4.79 Å². The van der Waals surface area contributed by atoms with Crippen molar-refractivity contribution in [3.05, 3.63) is 66.0 Å². The molecule has 1 amide bonds. The predicted molar refractivity (Wildman–Crippen MR) is 130 cm³/mol. The van der Waals surface area contributed by atoms with Crippen LogP contribution < -0.4 is 15.5 Å². The highest BCUT2D eigenvalue weighted by Gasteiger charge is 2.24. The second kappa shape index (κ2) is 9.85. The van der Waals surface area contributed by atoms with Crippen molar-refractivity contribution in [2.75, 3.05) is 28.6 Å². The summed E-state index contributed by atoms with van der Waals surface area (Å²) >= 11 is 0. The number of nitrogens with one attached hydrogen (secondary N) is 2. The first-order valence-corrected chi connectivity index (χ1v) is 11.2. The molecule has 0 atom stereocenters. The van der Waals surface area contributed by atoms with E-state index in [-0.39, 0.29) is 0 Å². The number of aliphatic hydroxyl groups is 1. The third-order valence-corrected chi connectivity index (χ3v) is 5.78. The maximum absolute atomic E-state index is 12.0. The molecule has 174 valence electrons. The summed E-state index contributed by atoms with van der Waals surface area (Å²) in [5.41, 5.74) is 1.71. The van der Waals surface area contributed by atoms with Crippen LogP contribution in [0.2, 0.25) is 0 Å². The molecule has 3 aromatic rings. The number of nitriles is 1. The van der Waals surface area contributed by atoms with E-state index in [0.29, 0.717) is 34.8 Å². The molecule has 0 aliphatic carbocycles. The first-order valence-electron chi connectivity index (χ1n) is 11.2. The van der Waals surface area contributed by atoms with Crippen molar-refractivity contribution in [3.63, 3.8) is 0 Å². The molecule has 1 aliphatic rings.